The second-order valence-electron chi connectivity index (χ2n) is 2.81. The van der Waals surface area contributed by atoms with Gasteiger partial charge in [-0.2, -0.15) is 0 Å². The van der Waals surface area contributed by atoms with Crippen LogP contribution in [0.2, 0.25) is 5.02 Å². The Bertz CT molecular complexity index is 305. The number of aliphatic carboxylic acids is 1. The lowest BCUT2D eigenvalue weighted by Crippen LogP contribution is -1.99. The minimum Gasteiger partial charge on any atom is -0.481 e. The number of pyridine rings is 1. The average Bonchev–Trinajstić information content (AvgIpc) is 1.99. The van der Waals surface area contributed by atoms with Crippen molar-refractivity contribution in [2.24, 2.45) is 0 Å². The minimum absolute atomic E-state index is 0.0901. The largest absolute Gasteiger partial charge is 0.481 e. The van der Waals surface area contributed by atoms with Crippen molar-refractivity contribution in [3.63, 3.8) is 0 Å². The molecule has 0 aliphatic rings. The number of nitrogens with zero attached hydrogens (tertiary/aromatic N) is 1. The van der Waals surface area contributed by atoms with Gasteiger partial charge >= 0.3 is 5.97 Å². The molecule has 1 aromatic rings. The predicted octanol–water partition coefficient (Wildman–Crippen LogP) is 2.06. The monoisotopic (exact) mass is 199 g/mol. The van der Waals surface area contributed by atoms with E-state index in [0.29, 0.717) is 11.4 Å². The Labute approximate surface area is 81.4 Å². The van der Waals surface area contributed by atoms with Crippen LogP contribution in [0.15, 0.2) is 12.1 Å². The van der Waals surface area contributed by atoms with Gasteiger partial charge in [-0.1, -0.05) is 11.6 Å². The van der Waals surface area contributed by atoms with Crippen LogP contribution in [-0.2, 0) is 11.2 Å². The molecule has 0 aromatic carbocycles. The zero-order valence-electron chi connectivity index (χ0n) is 7.25. The Morgan fingerprint density at radius 1 is 1.62 bits per heavy atom. The number of carboxylic acids is 1. The van der Waals surface area contributed by atoms with Gasteiger partial charge in [-0.3, -0.25) is 9.78 Å². The molecule has 13 heavy (non-hydrogen) atoms. The maximum absolute atomic E-state index is 10.3. The molecule has 3 nitrogen and oxygen atoms in total. The highest BCUT2D eigenvalue weighted by Gasteiger charge is 2.02. The number of aromatic nitrogens is 1. The number of carbonyl (C=O) groups is 1. The van der Waals surface area contributed by atoms with E-state index in [1.165, 1.54) is 0 Å². The second-order valence-corrected chi connectivity index (χ2v) is 3.25. The van der Waals surface area contributed by atoms with Crippen molar-refractivity contribution < 1.29 is 9.90 Å². The molecule has 0 spiro atoms. The molecule has 1 aromatic heterocycles. The molecule has 4 heteroatoms. The topological polar surface area (TPSA) is 50.2 Å². The van der Waals surface area contributed by atoms with Crippen LogP contribution in [0.3, 0.4) is 0 Å². The van der Waals surface area contributed by atoms with Crippen LogP contribution >= 0.6 is 11.6 Å². The molecule has 0 bridgehead atoms. The van der Waals surface area contributed by atoms with Gasteiger partial charge in [0.2, 0.25) is 0 Å². The molecule has 0 fully saturated rings. The molecule has 0 saturated carbocycles. The molecule has 0 saturated heterocycles. The maximum atomic E-state index is 10.3. The first-order valence-corrected chi connectivity index (χ1v) is 4.30. The molecule has 1 heterocycles. The van der Waals surface area contributed by atoms with Crippen LogP contribution in [-0.4, -0.2) is 16.1 Å². The van der Waals surface area contributed by atoms with E-state index in [4.69, 9.17) is 16.7 Å². The standard InChI is InChI=1S/C9H10ClNO2/c1-6-4-7(10)5-8(11-6)2-3-9(12)13/h4-5H,2-3H2,1H3,(H,12,13). The third-order valence-corrected chi connectivity index (χ3v) is 1.78. The van der Waals surface area contributed by atoms with Crippen LogP contribution in [0.5, 0.6) is 0 Å². The van der Waals surface area contributed by atoms with Crippen LogP contribution in [0, 0.1) is 6.92 Å². The predicted molar refractivity (Wildman–Crippen MR) is 49.9 cm³/mol. The lowest BCUT2D eigenvalue weighted by molar-refractivity contribution is -0.136. The lowest BCUT2D eigenvalue weighted by atomic mass is 10.2. The fourth-order valence-electron chi connectivity index (χ4n) is 1.05. The molecular weight excluding hydrogens is 190 g/mol. The molecule has 0 radical (unpaired) electrons. The number of aryl methyl sites for hydroxylation is 2. The Balaban J connectivity index is 2.71. The Morgan fingerprint density at radius 2 is 2.31 bits per heavy atom. The summed E-state index contributed by atoms with van der Waals surface area (Å²) in [4.78, 5) is 14.4. The number of hydrogen-bond acceptors (Lipinski definition) is 2. The van der Waals surface area contributed by atoms with Gasteiger partial charge in [-0.25, -0.2) is 0 Å². The van der Waals surface area contributed by atoms with Gasteiger partial charge in [-0.15, -0.1) is 0 Å². The maximum Gasteiger partial charge on any atom is 0.303 e. The molecular formula is C9H10ClNO2. The summed E-state index contributed by atoms with van der Waals surface area (Å²) in [6.07, 6.45) is 0.517. The number of carboxylic acid groups (broad SMARTS) is 1. The summed E-state index contributed by atoms with van der Waals surface area (Å²) in [5.41, 5.74) is 1.54. The van der Waals surface area contributed by atoms with Crippen LogP contribution < -0.4 is 0 Å². The van der Waals surface area contributed by atoms with Crippen molar-refractivity contribution in [1.29, 1.82) is 0 Å². The molecule has 0 unspecified atom stereocenters. The van der Waals surface area contributed by atoms with E-state index in [-0.39, 0.29) is 6.42 Å². The molecule has 1 rings (SSSR count). The van der Waals surface area contributed by atoms with Gasteiger partial charge in [0, 0.05) is 22.8 Å². The molecule has 0 amide bonds. The summed E-state index contributed by atoms with van der Waals surface area (Å²) in [6, 6.07) is 3.43. The van der Waals surface area contributed by atoms with Crippen molar-refractivity contribution in [3.8, 4) is 0 Å². The quantitative estimate of drug-likeness (QED) is 0.811. The lowest BCUT2D eigenvalue weighted by Gasteiger charge is -2.00. The van der Waals surface area contributed by atoms with Crippen molar-refractivity contribution in [2.75, 3.05) is 0 Å². The smallest absolute Gasteiger partial charge is 0.303 e. The van der Waals surface area contributed by atoms with E-state index >= 15 is 0 Å². The Hall–Kier alpha value is -1.09. The van der Waals surface area contributed by atoms with Crippen molar-refractivity contribution in [1.82, 2.24) is 4.98 Å². The van der Waals surface area contributed by atoms with Gasteiger partial charge in [0.25, 0.3) is 0 Å². The normalized spacial score (nSPS) is 10.0. The first kappa shape index (κ1) is 9.99. The first-order valence-electron chi connectivity index (χ1n) is 3.93. The molecule has 0 atom stereocenters. The van der Waals surface area contributed by atoms with Crippen molar-refractivity contribution >= 4 is 17.6 Å². The average molecular weight is 200 g/mol. The van der Waals surface area contributed by atoms with E-state index in [0.717, 1.165) is 11.4 Å². The third-order valence-electron chi connectivity index (χ3n) is 1.57. The third kappa shape index (κ3) is 3.42. The summed E-state index contributed by atoms with van der Waals surface area (Å²) in [5.74, 6) is -0.820. The zero-order valence-corrected chi connectivity index (χ0v) is 8.01. The van der Waals surface area contributed by atoms with Crippen molar-refractivity contribution in [3.05, 3.63) is 28.5 Å². The Kier molecular flexibility index (Phi) is 3.25. The molecule has 70 valence electrons. The fraction of sp³-hybridized carbons (Fsp3) is 0.333. The summed E-state index contributed by atoms with van der Waals surface area (Å²) in [7, 11) is 0. The van der Waals surface area contributed by atoms with E-state index in [1.54, 1.807) is 12.1 Å². The van der Waals surface area contributed by atoms with Crippen molar-refractivity contribution in [2.45, 2.75) is 19.8 Å². The summed E-state index contributed by atoms with van der Waals surface area (Å²) in [5, 5.41) is 9.06. The summed E-state index contributed by atoms with van der Waals surface area (Å²) in [6.45, 7) is 1.83. The van der Waals surface area contributed by atoms with Gasteiger partial charge in [0.15, 0.2) is 0 Å². The minimum atomic E-state index is -0.820. The number of halogens is 1. The highest BCUT2D eigenvalue weighted by Crippen LogP contribution is 2.12. The number of rotatable bonds is 3. The van der Waals surface area contributed by atoms with Gasteiger partial charge in [0.1, 0.15) is 0 Å². The van der Waals surface area contributed by atoms with E-state index in [9.17, 15) is 4.79 Å². The highest BCUT2D eigenvalue weighted by molar-refractivity contribution is 6.30. The van der Waals surface area contributed by atoms with Crippen LogP contribution in [0.4, 0.5) is 0 Å². The first-order chi connectivity index (χ1) is 6.08. The zero-order chi connectivity index (χ0) is 9.84. The van der Waals surface area contributed by atoms with E-state index in [2.05, 4.69) is 4.98 Å². The SMILES string of the molecule is Cc1cc(Cl)cc(CCC(=O)O)n1. The Morgan fingerprint density at radius 3 is 2.85 bits per heavy atom. The summed E-state index contributed by atoms with van der Waals surface area (Å²) < 4.78 is 0. The number of hydrogen-bond donors (Lipinski definition) is 1. The van der Waals surface area contributed by atoms with E-state index < -0.39 is 5.97 Å². The van der Waals surface area contributed by atoms with Crippen LogP contribution in [0.1, 0.15) is 17.8 Å². The second kappa shape index (κ2) is 4.23. The molecule has 0 aliphatic carbocycles. The van der Waals surface area contributed by atoms with E-state index in [1.807, 2.05) is 6.92 Å². The highest BCUT2D eigenvalue weighted by atomic mass is 35.5. The molecule has 1 N–H and O–H groups in total. The molecule has 0 aliphatic heterocycles. The van der Waals surface area contributed by atoms with Gasteiger partial charge < -0.3 is 5.11 Å². The van der Waals surface area contributed by atoms with Crippen LogP contribution in [0.25, 0.3) is 0 Å². The summed E-state index contributed by atoms with van der Waals surface area (Å²) >= 11 is 5.78. The fourth-order valence-corrected chi connectivity index (χ4v) is 1.34. The van der Waals surface area contributed by atoms with Gasteiger partial charge in [-0.05, 0) is 19.1 Å². The van der Waals surface area contributed by atoms with Gasteiger partial charge in [0.05, 0.1) is 6.42 Å².